The fourth-order valence-electron chi connectivity index (χ4n) is 1.65. The van der Waals surface area contributed by atoms with Crippen LogP contribution in [0.3, 0.4) is 0 Å². The van der Waals surface area contributed by atoms with Crippen LogP contribution in [0, 0.1) is 0 Å². The summed E-state index contributed by atoms with van der Waals surface area (Å²) >= 11 is 11.8. The van der Waals surface area contributed by atoms with Crippen LogP contribution in [0.1, 0.15) is 0 Å². The Morgan fingerprint density at radius 2 is 1.64 bits per heavy atom. The molecule has 0 heterocycles. The number of carbonyl (C=O) groups excluding carboxylic acids is 2. The van der Waals surface area contributed by atoms with Gasteiger partial charge >= 0.3 is 6.03 Å². The fraction of sp³-hybridized carbons (Fsp3) is 0.0667. The first-order valence-electron chi connectivity index (χ1n) is 6.40. The molecule has 7 heteroatoms. The number of urea groups is 1. The van der Waals surface area contributed by atoms with Crippen LogP contribution in [-0.2, 0) is 4.79 Å². The maximum atomic E-state index is 11.8. The molecular weight excluding hydrogens is 325 g/mol. The Kier molecular flexibility index (Phi) is 5.63. The molecule has 0 bridgehead atoms. The van der Waals surface area contributed by atoms with E-state index in [1.165, 1.54) is 0 Å². The van der Waals surface area contributed by atoms with Crippen molar-refractivity contribution in [3.63, 3.8) is 0 Å². The van der Waals surface area contributed by atoms with Gasteiger partial charge in [-0.2, -0.15) is 0 Å². The van der Waals surface area contributed by atoms with Crippen molar-refractivity contribution < 1.29 is 9.59 Å². The van der Waals surface area contributed by atoms with Crippen molar-refractivity contribution in [2.75, 3.05) is 17.2 Å². The molecule has 0 fully saturated rings. The summed E-state index contributed by atoms with van der Waals surface area (Å²) in [7, 11) is 0. The molecule has 0 aliphatic rings. The summed E-state index contributed by atoms with van der Waals surface area (Å²) in [6.07, 6.45) is 0. The highest BCUT2D eigenvalue weighted by atomic mass is 35.5. The molecule has 0 saturated heterocycles. The summed E-state index contributed by atoms with van der Waals surface area (Å²) in [6, 6.07) is 13.3. The quantitative estimate of drug-likeness (QED) is 0.794. The Morgan fingerprint density at radius 3 is 2.36 bits per heavy atom. The molecule has 2 aromatic carbocycles. The first-order chi connectivity index (χ1) is 10.6. The van der Waals surface area contributed by atoms with Gasteiger partial charge in [-0.15, -0.1) is 0 Å². The average Bonchev–Trinajstić information content (AvgIpc) is 2.51. The number of carbonyl (C=O) groups is 2. The van der Waals surface area contributed by atoms with Gasteiger partial charge in [-0.3, -0.25) is 4.79 Å². The molecule has 0 aliphatic carbocycles. The number of hydrogen-bond donors (Lipinski definition) is 3. The molecule has 0 atom stereocenters. The Balaban J connectivity index is 1.83. The second-order valence-electron chi connectivity index (χ2n) is 4.32. The van der Waals surface area contributed by atoms with E-state index >= 15 is 0 Å². The SMILES string of the molecule is O=C(CNC(=O)Nc1ccccc1)Nc1cccc(Cl)c1Cl. The van der Waals surface area contributed by atoms with Crippen molar-refractivity contribution in [2.45, 2.75) is 0 Å². The van der Waals surface area contributed by atoms with Gasteiger partial charge in [0.05, 0.1) is 22.3 Å². The number of benzene rings is 2. The lowest BCUT2D eigenvalue weighted by molar-refractivity contribution is -0.115. The monoisotopic (exact) mass is 337 g/mol. The summed E-state index contributed by atoms with van der Waals surface area (Å²) < 4.78 is 0. The normalized spacial score (nSPS) is 9.91. The summed E-state index contributed by atoms with van der Waals surface area (Å²) in [5.74, 6) is -0.410. The maximum absolute atomic E-state index is 11.8. The van der Waals surface area contributed by atoms with Gasteiger partial charge < -0.3 is 16.0 Å². The number of anilines is 2. The molecule has 5 nitrogen and oxygen atoms in total. The van der Waals surface area contributed by atoms with E-state index in [4.69, 9.17) is 23.2 Å². The topological polar surface area (TPSA) is 70.2 Å². The van der Waals surface area contributed by atoms with E-state index in [9.17, 15) is 9.59 Å². The zero-order valence-corrected chi connectivity index (χ0v) is 12.9. The van der Waals surface area contributed by atoms with Crippen molar-refractivity contribution in [1.82, 2.24) is 5.32 Å². The molecule has 22 heavy (non-hydrogen) atoms. The Morgan fingerprint density at radius 1 is 0.909 bits per heavy atom. The van der Waals surface area contributed by atoms with Gasteiger partial charge in [-0.1, -0.05) is 47.5 Å². The summed E-state index contributed by atoms with van der Waals surface area (Å²) in [5, 5.41) is 8.22. The lowest BCUT2D eigenvalue weighted by Gasteiger charge is -2.10. The Hall–Kier alpha value is -2.24. The van der Waals surface area contributed by atoms with E-state index in [1.807, 2.05) is 6.07 Å². The third-order valence-electron chi connectivity index (χ3n) is 2.67. The zero-order chi connectivity index (χ0) is 15.9. The highest BCUT2D eigenvalue weighted by molar-refractivity contribution is 6.44. The number of amides is 3. The van der Waals surface area contributed by atoms with E-state index in [0.29, 0.717) is 16.4 Å². The van der Waals surface area contributed by atoms with Crippen LogP contribution in [0.5, 0.6) is 0 Å². The van der Waals surface area contributed by atoms with Crippen LogP contribution in [0.2, 0.25) is 10.0 Å². The van der Waals surface area contributed by atoms with Gasteiger partial charge in [-0.05, 0) is 24.3 Å². The van der Waals surface area contributed by atoms with E-state index < -0.39 is 11.9 Å². The molecule has 3 amide bonds. The van der Waals surface area contributed by atoms with Crippen molar-refractivity contribution in [1.29, 1.82) is 0 Å². The van der Waals surface area contributed by atoms with Crippen molar-refractivity contribution in [3.8, 4) is 0 Å². The Labute approximate surface area is 137 Å². The zero-order valence-electron chi connectivity index (χ0n) is 11.4. The summed E-state index contributed by atoms with van der Waals surface area (Å²) in [5.41, 5.74) is 1.03. The van der Waals surface area contributed by atoms with Gasteiger partial charge in [0.2, 0.25) is 5.91 Å². The van der Waals surface area contributed by atoms with Gasteiger partial charge in [0, 0.05) is 5.69 Å². The van der Waals surface area contributed by atoms with Crippen molar-refractivity contribution >= 4 is 46.5 Å². The minimum Gasteiger partial charge on any atom is -0.329 e. The van der Waals surface area contributed by atoms with Crippen LogP contribution in [-0.4, -0.2) is 18.5 Å². The third-order valence-corrected chi connectivity index (χ3v) is 3.49. The van der Waals surface area contributed by atoms with E-state index in [-0.39, 0.29) is 11.6 Å². The van der Waals surface area contributed by atoms with Crippen molar-refractivity contribution in [3.05, 3.63) is 58.6 Å². The highest BCUT2D eigenvalue weighted by Crippen LogP contribution is 2.29. The molecule has 0 saturated carbocycles. The second kappa shape index (κ2) is 7.68. The second-order valence-corrected chi connectivity index (χ2v) is 5.11. The summed E-state index contributed by atoms with van der Waals surface area (Å²) in [4.78, 5) is 23.4. The molecular formula is C15H13Cl2N3O2. The van der Waals surface area contributed by atoms with Crippen LogP contribution in [0.25, 0.3) is 0 Å². The molecule has 0 radical (unpaired) electrons. The third kappa shape index (κ3) is 4.65. The fourth-order valence-corrected chi connectivity index (χ4v) is 2.00. The smallest absolute Gasteiger partial charge is 0.319 e. The first-order valence-corrected chi connectivity index (χ1v) is 7.15. The largest absolute Gasteiger partial charge is 0.329 e. The summed E-state index contributed by atoms with van der Waals surface area (Å²) in [6.45, 7) is -0.193. The van der Waals surface area contributed by atoms with E-state index in [0.717, 1.165) is 0 Å². The lowest BCUT2D eigenvalue weighted by atomic mass is 10.3. The molecule has 0 aliphatic heterocycles. The molecule has 0 aromatic heterocycles. The van der Waals surface area contributed by atoms with Crippen LogP contribution >= 0.6 is 23.2 Å². The maximum Gasteiger partial charge on any atom is 0.319 e. The molecule has 2 aromatic rings. The standard InChI is InChI=1S/C15H13Cl2N3O2/c16-11-7-4-8-12(14(11)17)20-13(21)9-18-15(22)19-10-5-2-1-3-6-10/h1-8H,9H2,(H,20,21)(H2,18,19,22). The predicted molar refractivity (Wildman–Crippen MR) is 88.6 cm³/mol. The molecule has 3 N–H and O–H groups in total. The minimum atomic E-state index is -0.474. The number of hydrogen-bond acceptors (Lipinski definition) is 2. The van der Waals surface area contributed by atoms with Crippen LogP contribution in [0.15, 0.2) is 48.5 Å². The number of para-hydroxylation sites is 1. The van der Waals surface area contributed by atoms with Crippen LogP contribution < -0.4 is 16.0 Å². The molecule has 0 unspecified atom stereocenters. The van der Waals surface area contributed by atoms with Gasteiger partial charge in [-0.25, -0.2) is 4.79 Å². The van der Waals surface area contributed by atoms with Crippen LogP contribution in [0.4, 0.5) is 16.2 Å². The van der Waals surface area contributed by atoms with Gasteiger partial charge in [0.1, 0.15) is 0 Å². The molecule has 0 spiro atoms. The lowest BCUT2D eigenvalue weighted by Crippen LogP contribution is -2.35. The van der Waals surface area contributed by atoms with E-state index in [1.54, 1.807) is 42.5 Å². The highest BCUT2D eigenvalue weighted by Gasteiger charge is 2.09. The van der Waals surface area contributed by atoms with Crippen molar-refractivity contribution in [2.24, 2.45) is 0 Å². The Bertz CT molecular complexity index is 678. The number of halogens is 2. The van der Waals surface area contributed by atoms with Gasteiger partial charge in [0.25, 0.3) is 0 Å². The number of rotatable bonds is 4. The number of nitrogens with one attached hydrogen (secondary N) is 3. The molecule has 114 valence electrons. The van der Waals surface area contributed by atoms with Gasteiger partial charge in [0.15, 0.2) is 0 Å². The minimum absolute atomic E-state index is 0.193. The molecule has 2 rings (SSSR count). The van der Waals surface area contributed by atoms with E-state index in [2.05, 4.69) is 16.0 Å². The average molecular weight is 338 g/mol. The predicted octanol–water partition coefficient (Wildman–Crippen LogP) is 3.75. The first kappa shape index (κ1) is 16.1.